The Morgan fingerprint density at radius 3 is 3.08 bits per heavy atom. The molecular formula is C11H19N. The third kappa shape index (κ3) is 1.56. The van der Waals surface area contributed by atoms with E-state index < -0.39 is 0 Å². The molecule has 0 aromatic rings. The van der Waals surface area contributed by atoms with Crippen LogP contribution < -0.4 is 5.32 Å². The molecule has 68 valence electrons. The van der Waals surface area contributed by atoms with Gasteiger partial charge in [0.15, 0.2) is 0 Å². The van der Waals surface area contributed by atoms with E-state index >= 15 is 0 Å². The third-order valence-electron chi connectivity index (χ3n) is 3.31. The minimum Gasteiger partial charge on any atom is -0.308 e. The van der Waals surface area contributed by atoms with Crippen LogP contribution in [0.4, 0.5) is 0 Å². The molecule has 0 aromatic carbocycles. The van der Waals surface area contributed by atoms with Crippen molar-refractivity contribution >= 4 is 0 Å². The molecule has 1 heteroatoms. The Kier molecular flexibility index (Phi) is 1.99. The Morgan fingerprint density at radius 1 is 1.42 bits per heavy atom. The summed E-state index contributed by atoms with van der Waals surface area (Å²) >= 11 is 0. The summed E-state index contributed by atoms with van der Waals surface area (Å²) in [4.78, 5) is 0. The summed E-state index contributed by atoms with van der Waals surface area (Å²) in [6, 6.07) is 0. The number of allylic oxidation sites excluding steroid dienone is 1. The summed E-state index contributed by atoms with van der Waals surface area (Å²) < 4.78 is 0. The van der Waals surface area contributed by atoms with Gasteiger partial charge in [0.05, 0.1) is 0 Å². The van der Waals surface area contributed by atoms with E-state index in [9.17, 15) is 0 Å². The minimum atomic E-state index is 0.319. The van der Waals surface area contributed by atoms with E-state index in [1.165, 1.54) is 25.8 Å². The van der Waals surface area contributed by atoms with Gasteiger partial charge in [-0.2, -0.15) is 0 Å². The molecule has 1 saturated heterocycles. The highest BCUT2D eigenvalue weighted by molar-refractivity contribution is 5.15. The van der Waals surface area contributed by atoms with Crippen molar-refractivity contribution in [3.05, 3.63) is 12.2 Å². The summed E-state index contributed by atoms with van der Waals surface area (Å²) in [6.07, 6.45) is 8.88. The summed E-state index contributed by atoms with van der Waals surface area (Å²) in [5.74, 6) is 1.71. The Bertz CT molecular complexity index is 197. The molecule has 1 aliphatic carbocycles. The average molecular weight is 165 g/mol. The van der Waals surface area contributed by atoms with Crippen LogP contribution in [0, 0.1) is 11.8 Å². The molecule has 2 bridgehead atoms. The third-order valence-corrected chi connectivity index (χ3v) is 3.31. The molecule has 3 unspecified atom stereocenters. The van der Waals surface area contributed by atoms with Crippen LogP contribution >= 0.6 is 0 Å². The van der Waals surface area contributed by atoms with Crippen LogP contribution in [0.5, 0.6) is 0 Å². The first-order valence-corrected chi connectivity index (χ1v) is 5.12. The van der Waals surface area contributed by atoms with Gasteiger partial charge in [-0.25, -0.2) is 0 Å². The monoisotopic (exact) mass is 165 g/mol. The van der Waals surface area contributed by atoms with Crippen LogP contribution in [-0.2, 0) is 0 Å². The normalized spacial score (nSPS) is 47.2. The highest BCUT2D eigenvalue weighted by Gasteiger charge is 2.31. The zero-order valence-electron chi connectivity index (χ0n) is 8.14. The van der Waals surface area contributed by atoms with Crippen LogP contribution in [0.15, 0.2) is 12.2 Å². The SMILES string of the molecule is CC1CCC2C=CC(C)(C2)NC1. The van der Waals surface area contributed by atoms with Crippen LogP contribution in [0.2, 0.25) is 0 Å². The fourth-order valence-electron chi connectivity index (χ4n) is 2.37. The Labute approximate surface area is 75.2 Å². The standard InChI is InChI=1S/C11H19N/c1-9-3-4-10-5-6-11(2,7-10)12-8-9/h5-6,9-10,12H,3-4,7-8H2,1-2H3. The molecule has 3 atom stereocenters. The van der Waals surface area contributed by atoms with Gasteiger partial charge in [0.1, 0.15) is 0 Å². The van der Waals surface area contributed by atoms with E-state index in [4.69, 9.17) is 0 Å². The zero-order valence-corrected chi connectivity index (χ0v) is 8.14. The number of rotatable bonds is 0. The maximum absolute atomic E-state index is 3.65. The van der Waals surface area contributed by atoms with E-state index in [-0.39, 0.29) is 0 Å². The fraction of sp³-hybridized carbons (Fsp3) is 0.818. The van der Waals surface area contributed by atoms with E-state index in [1.54, 1.807) is 0 Å². The summed E-state index contributed by atoms with van der Waals surface area (Å²) in [5, 5.41) is 3.65. The van der Waals surface area contributed by atoms with Crippen molar-refractivity contribution in [2.45, 2.75) is 38.6 Å². The van der Waals surface area contributed by atoms with Crippen molar-refractivity contribution in [1.82, 2.24) is 5.32 Å². The Balaban J connectivity index is 2.07. The number of fused-ring (bicyclic) bond motifs is 2. The van der Waals surface area contributed by atoms with Gasteiger partial charge in [-0.1, -0.05) is 19.1 Å². The molecule has 2 rings (SSSR count). The zero-order chi connectivity index (χ0) is 8.60. The van der Waals surface area contributed by atoms with Crippen LogP contribution in [0.25, 0.3) is 0 Å². The van der Waals surface area contributed by atoms with Gasteiger partial charge in [0.25, 0.3) is 0 Å². The molecule has 12 heavy (non-hydrogen) atoms. The van der Waals surface area contributed by atoms with Crippen molar-refractivity contribution in [3.8, 4) is 0 Å². The molecule has 1 nitrogen and oxygen atoms in total. The second-order valence-corrected chi connectivity index (χ2v) is 4.80. The van der Waals surface area contributed by atoms with Gasteiger partial charge < -0.3 is 5.32 Å². The van der Waals surface area contributed by atoms with Crippen molar-refractivity contribution in [2.75, 3.05) is 6.54 Å². The smallest absolute Gasteiger partial charge is 0.0341 e. The van der Waals surface area contributed by atoms with E-state index in [0.29, 0.717) is 5.54 Å². The molecule has 0 amide bonds. The summed E-state index contributed by atoms with van der Waals surface area (Å²) in [7, 11) is 0. The summed E-state index contributed by atoms with van der Waals surface area (Å²) in [5.41, 5.74) is 0.319. The van der Waals surface area contributed by atoms with Gasteiger partial charge in [-0.15, -0.1) is 0 Å². The fourth-order valence-corrected chi connectivity index (χ4v) is 2.37. The first-order valence-electron chi connectivity index (χ1n) is 5.12. The number of nitrogens with one attached hydrogen (secondary N) is 1. The van der Waals surface area contributed by atoms with E-state index in [0.717, 1.165) is 11.8 Å². The highest BCUT2D eigenvalue weighted by atomic mass is 15.0. The first-order chi connectivity index (χ1) is 5.68. The van der Waals surface area contributed by atoms with Gasteiger partial charge >= 0.3 is 0 Å². The van der Waals surface area contributed by atoms with E-state index in [1.807, 2.05) is 0 Å². The van der Waals surface area contributed by atoms with Gasteiger partial charge in [-0.3, -0.25) is 0 Å². The lowest BCUT2D eigenvalue weighted by Crippen LogP contribution is -2.42. The molecule has 0 radical (unpaired) electrons. The topological polar surface area (TPSA) is 12.0 Å². The molecule has 1 fully saturated rings. The second kappa shape index (κ2) is 2.88. The average Bonchev–Trinajstić information content (AvgIpc) is 2.41. The molecular weight excluding hydrogens is 146 g/mol. The number of hydrogen-bond donors (Lipinski definition) is 1. The Hall–Kier alpha value is -0.300. The van der Waals surface area contributed by atoms with Crippen LogP contribution in [-0.4, -0.2) is 12.1 Å². The maximum Gasteiger partial charge on any atom is 0.0341 e. The highest BCUT2D eigenvalue weighted by Crippen LogP contribution is 2.33. The predicted molar refractivity (Wildman–Crippen MR) is 52.1 cm³/mol. The largest absolute Gasteiger partial charge is 0.308 e. The van der Waals surface area contributed by atoms with Crippen molar-refractivity contribution in [2.24, 2.45) is 11.8 Å². The molecule has 2 aliphatic rings. The second-order valence-electron chi connectivity index (χ2n) is 4.80. The lowest BCUT2D eigenvalue weighted by molar-refractivity contribution is 0.301. The van der Waals surface area contributed by atoms with Gasteiger partial charge in [-0.05, 0) is 44.6 Å². The molecule has 1 N–H and O–H groups in total. The Morgan fingerprint density at radius 2 is 2.25 bits per heavy atom. The van der Waals surface area contributed by atoms with E-state index in [2.05, 4.69) is 31.3 Å². The molecule has 0 saturated carbocycles. The van der Waals surface area contributed by atoms with Gasteiger partial charge in [0, 0.05) is 5.54 Å². The maximum atomic E-state index is 3.65. The first kappa shape index (κ1) is 8.31. The lowest BCUT2D eigenvalue weighted by Gasteiger charge is -2.30. The van der Waals surface area contributed by atoms with Gasteiger partial charge in [0.2, 0.25) is 0 Å². The molecule has 1 aliphatic heterocycles. The molecule has 0 aromatic heterocycles. The summed E-state index contributed by atoms with van der Waals surface area (Å²) in [6.45, 7) is 5.86. The van der Waals surface area contributed by atoms with Crippen molar-refractivity contribution < 1.29 is 0 Å². The molecule has 1 heterocycles. The predicted octanol–water partition coefficient (Wildman–Crippen LogP) is 2.34. The van der Waals surface area contributed by atoms with Crippen LogP contribution in [0.3, 0.4) is 0 Å². The van der Waals surface area contributed by atoms with Crippen molar-refractivity contribution in [3.63, 3.8) is 0 Å². The lowest BCUT2D eigenvalue weighted by atomic mass is 9.88. The minimum absolute atomic E-state index is 0.319. The quantitative estimate of drug-likeness (QED) is 0.543. The van der Waals surface area contributed by atoms with Crippen LogP contribution in [0.1, 0.15) is 33.1 Å². The molecule has 0 spiro atoms. The number of hydrogen-bond acceptors (Lipinski definition) is 1. The van der Waals surface area contributed by atoms with Crippen molar-refractivity contribution in [1.29, 1.82) is 0 Å².